The highest BCUT2D eigenvalue weighted by Gasteiger charge is 2.07. The van der Waals surface area contributed by atoms with Crippen molar-refractivity contribution in [3.05, 3.63) is 40.5 Å². The van der Waals surface area contributed by atoms with Crippen LogP contribution in [0.25, 0.3) is 0 Å². The number of rotatable bonds is 6. The molecule has 1 amide bonds. The zero-order valence-corrected chi connectivity index (χ0v) is 12.5. The van der Waals surface area contributed by atoms with E-state index < -0.39 is 5.91 Å². The molecule has 0 aliphatic carbocycles. The smallest absolute Gasteiger partial charge is 0.263 e. The van der Waals surface area contributed by atoms with Crippen molar-refractivity contribution in [1.82, 2.24) is 5.32 Å². The minimum Gasteiger partial charge on any atom is -0.359 e. The molecule has 0 bridgehead atoms. The quantitative estimate of drug-likeness (QED) is 0.361. The standard InChI is InChI=1S/C13H13BrClN3O/c14-11-4-1-2-5-12(11)18-9-10(8-16)13(19)17-7-3-6-15/h1-2,4-5,9,18H,3,6-7H2,(H,17,19)/b10-9-. The van der Waals surface area contributed by atoms with Gasteiger partial charge in [-0.1, -0.05) is 12.1 Å². The van der Waals surface area contributed by atoms with Crippen molar-refractivity contribution in [1.29, 1.82) is 5.26 Å². The van der Waals surface area contributed by atoms with E-state index in [-0.39, 0.29) is 5.57 Å². The topological polar surface area (TPSA) is 64.9 Å². The molecule has 1 rings (SSSR count). The Morgan fingerprint density at radius 1 is 1.47 bits per heavy atom. The van der Waals surface area contributed by atoms with Gasteiger partial charge in [-0.2, -0.15) is 5.26 Å². The van der Waals surface area contributed by atoms with Gasteiger partial charge in [0.15, 0.2) is 0 Å². The van der Waals surface area contributed by atoms with E-state index in [1.54, 1.807) is 0 Å². The van der Waals surface area contributed by atoms with E-state index >= 15 is 0 Å². The highest BCUT2D eigenvalue weighted by Crippen LogP contribution is 2.21. The van der Waals surface area contributed by atoms with Crippen LogP contribution in [0.4, 0.5) is 5.69 Å². The lowest BCUT2D eigenvalue weighted by Gasteiger charge is -2.05. The summed E-state index contributed by atoms with van der Waals surface area (Å²) >= 11 is 8.88. The lowest BCUT2D eigenvalue weighted by atomic mass is 10.2. The number of nitrogens with one attached hydrogen (secondary N) is 2. The summed E-state index contributed by atoms with van der Waals surface area (Å²) in [4.78, 5) is 11.7. The first-order chi connectivity index (χ1) is 9.19. The van der Waals surface area contributed by atoms with Crippen LogP contribution >= 0.6 is 27.5 Å². The Morgan fingerprint density at radius 2 is 2.21 bits per heavy atom. The largest absolute Gasteiger partial charge is 0.359 e. The predicted octanol–water partition coefficient (Wildman–Crippen LogP) is 3.01. The van der Waals surface area contributed by atoms with Crippen LogP contribution in [-0.2, 0) is 4.79 Å². The van der Waals surface area contributed by atoms with E-state index in [1.165, 1.54) is 6.20 Å². The van der Waals surface area contributed by atoms with Crippen LogP contribution in [0.5, 0.6) is 0 Å². The summed E-state index contributed by atoms with van der Waals surface area (Å²) in [5.41, 5.74) is 0.800. The summed E-state index contributed by atoms with van der Waals surface area (Å²) in [5.74, 6) is 0.0633. The number of hydrogen-bond donors (Lipinski definition) is 2. The third kappa shape index (κ3) is 5.33. The molecule has 0 aliphatic rings. The molecule has 0 heterocycles. The highest BCUT2D eigenvalue weighted by molar-refractivity contribution is 9.10. The van der Waals surface area contributed by atoms with Gasteiger partial charge in [0.1, 0.15) is 11.6 Å². The van der Waals surface area contributed by atoms with Crippen LogP contribution in [0.1, 0.15) is 6.42 Å². The first kappa shape index (κ1) is 15.5. The van der Waals surface area contributed by atoms with Gasteiger partial charge in [-0.05, 0) is 34.5 Å². The normalized spacial score (nSPS) is 10.7. The van der Waals surface area contributed by atoms with Gasteiger partial charge in [-0.3, -0.25) is 4.79 Å². The van der Waals surface area contributed by atoms with Gasteiger partial charge >= 0.3 is 0 Å². The fraction of sp³-hybridized carbons (Fsp3) is 0.231. The van der Waals surface area contributed by atoms with Crippen LogP contribution < -0.4 is 10.6 Å². The molecular formula is C13H13BrClN3O. The average molecular weight is 343 g/mol. The number of para-hydroxylation sites is 1. The maximum atomic E-state index is 11.7. The summed E-state index contributed by atoms with van der Waals surface area (Å²) in [6, 6.07) is 9.29. The molecule has 0 atom stereocenters. The van der Waals surface area contributed by atoms with Crippen molar-refractivity contribution in [3.63, 3.8) is 0 Å². The number of amides is 1. The molecule has 6 heteroatoms. The zero-order valence-electron chi connectivity index (χ0n) is 10.1. The van der Waals surface area contributed by atoms with E-state index in [1.807, 2.05) is 30.3 Å². The van der Waals surface area contributed by atoms with Gasteiger partial charge in [0.2, 0.25) is 0 Å². The molecule has 0 aromatic heterocycles. The number of anilines is 1. The summed E-state index contributed by atoms with van der Waals surface area (Å²) in [7, 11) is 0. The number of nitrogens with zero attached hydrogens (tertiary/aromatic N) is 1. The molecule has 0 radical (unpaired) electrons. The summed E-state index contributed by atoms with van der Waals surface area (Å²) in [6.07, 6.45) is 2.06. The average Bonchev–Trinajstić information content (AvgIpc) is 2.41. The monoisotopic (exact) mass is 341 g/mol. The summed E-state index contributed by atoms with van der Waals surface area (Å²) < 4.78 is 0.853. The van der Waals surface area contributed by atoms with E-state index in [0.29, 0.717) is 18.8 Å². The van der Waals surface area contributed by atoms with Crippen LogP contribution in [0, 0.1) is 11.3 Å². The molecule has 1 aromatic rings. The fourth-order valence-corrected chi connectivity index (χ4v) is 1.77. The molecule has 1 aromatic carbocycles. The van der Waals surface area contributed by atoms with Gasteiger partial charge in [-0.25, -0.2) is 0 Å². The second kappa shape index (κ2) is 8.57. The number of halogens is 2. The highest BCUT2D eigenvalue weighted by atomic mass is 79.9. The molecule has 19 heavy (non-hydrogen) atoms. The number of nitriles is 1. The summed E-state index contributed by atoms with van der Waals surface area (Å²) in [6.45, 7) is 0.455. The van der Waals surface area contributed by atoms with Crippen molar-refractivity contribution in [2.75, 3.05) is 17.7 Å². The predicted molar refractivity (Wildman–Crippen MR) is 79.8 cm³/mol. The molecule has 4 nitrogen and oxygen atoms in total. The second-order valence-electron chi connectivity index (χ2n) is 3.59. The third-order valence-electron chi connectivity index (χ3n) is 2.21. The number of alkyl halides is 1. The van der Waals surface area contributed by atoms with Crippen LogP contribution in [0.15, 0.2) is 40.5 Å². The van der Waals surface area contributed by atoms with Gasteiger partial charge in [-0.15, -0.1) is 11.6 Å². The Balaban J connectivity index is 2.65. The van der Waals surface area contributed by atoms with Crippen molar-refractivity contribution in [2.24, 2.45) is 0 Å². The van der Waals surface area contributed by atoms with Crippen molar-refractivity contribution in [2.45, 2.75) is 6.42 Å². The minimum absolute atomic E-state index is 0.0188. The third-order valence-corrected chi connectivity index (χ3v) is 3.17. The zero-order chi connectivity index (χ0) is 14.1. The number of carbonyl (C=O) groups excluding carboxylic acids is 1. The maximum absolute atomic E-state index is 11.7. The van der Waals surface area contributed by atoms with E-state index in [9.17, 15) is 4.79 Å². The molecule has 0 saturated heterocycles. The van der Waals surface area contributed by atoms with Gasteiger partial charge in [0.05, 0.1) is 5.69 Å². The first-order valence-electron chi connectivity index (χ1n) is 5.64. The molecular weight excluding hydrogens is 330 g/mol. The van der Waals surface area contributed by atoms with Crippen molar-refractivity contribution in [3.8, 4) is 6.07 Å². The SMILES string of the molecule is N#C/C(=C/Nc1ccccc1Br)C(=O)NCCCCl. The Morgan fingerprint density at radius 3 is 2.84 bits per heavy atom. The lowest BCUT2D eigenvalue weighted by Crippen LogP contribution is -2.26. The Kier molecular flexibility index (Phi) is 7.01. The molecule has 0 aliphatic heterocycles. The fourth-order valence-electron chi connectivity index (χ4n) is 1.24. The van der Waals surface area contributed by atoms with Gasteiger partial charge < -0.3 is 10.6 Å². The van der Waals surface area contributed by atoms with Gasteiger partial charge in [0.25, 0.3) is 5.91 Å². The Bertz CT molecular complexity index is 511. The Hall–Kier alpha value is -1.51. The van der Waals surface area contributed by atoms with Crippen molar-refractivity contribution >= 4 is 39.1 Å². The summed E-state index contributed by atoms with van der Waals surface area (Å²) in [5, 5.41) is 14.5. The van der Waals surface area contributed by atoms with Crippen LogP contribution in [-0.4, -0.2) is 18.3 Å². The van der Waals surface area contributed by atoms with E-state index in [0.717, 1.165) is 10.2 Å². The van der Waals surface area contributed by atoms with Crippen LogP contribution in [0.2, 0.25) is 0 Å². The minimum atomic E-state index is -0.410. The second-order valence-corrected chi connectivity index (χ2v) is 4.82. The molecule has 0 fully saturated rings. The first-order valence-corrected chi connectivity index (χ1v) is 6.97. The van der Waals surface area contributed by atoms with E-state index in [4.69, 9.17) is 16.9 Å². The number of hydrogen-bond acceptors (Lipinski definition) is 3. The number of carbonyl (C=O) groups is 1. The molecule has 0 spiro atoms. The Labute approximate surface area is 125 Å². The maximum Gasteiger partial charge on any atom is 0.263 e. The molecule has 0 saturated carbocycles. The van der Waals surface area contributed by atoms with Gasteiger partial charge in [0, 0.05) is 23.1 Å². The van der Waals surface area contributed by atoms with Crippen LogP contribution in [0.3, 0.4) is 0 Å². The number of benzene rings is 1. The molecule has 100 valence electrons. The van der Waals surface area contributed by atoms with Crippen molar-refractivity contribution < 1.29 is 4.79 Å². The lowest BCUT2D eigenvalue weighted by molar-refractivity contribution is -0.117. The molecule has 0 unspecified atom stereocenters. The molecule has 2 N–H and O–H groups in total. The van der Waals surface area contributed by atoms with E-state index in [2.05, 4.69) is 26.6 Å².